The number of amides is 2. The minimum absolute atomic E-state index is 0.103. The predicted molar refractivity (Wildman–Crippen MR) is 96.2 cm³/mol. The number of benzene rings is 2. The van der Waals surface area contributed by atoms with Crippen LogP contribution in [0.2, 0.25) is 0 Å². The highest BCUT2D eigenvalue weighted by Gasteiger charge is 2.15. The predicted octanol–water partition coefficient (Wildman–Crippen LogP) is 3.54. The van der Waals surface area contributed by atoms with Crippen LogP contribution in [-0.2, 0) is 6.54 Å². The first-order valence-electron chi connectivity index (χ1n) is 8.07. The fourth-order valence-corrected chi connectivity index (χ4v) is 2.39. The zero-order valence-corrected chi connectivity index (χ0v) is 14.1. The highest BCUT2D eigenvalue weighted by molar-refractivity contribution is 6.06. The third-order valence-electron chi connectivity index (χ3n) is 3.76. The number of aromatic nitrogens is 1. The minimum atomic E-state index is -0.881. The Morgan fingerprint density at radius 3 is 2.22 bits per heavy atom. The maximum Gasteiger partial charge on any atom is 0.255 e. The van der Waals surface area contributed by atoms with Gasteiger partial charge >= 0.3 is 0 Å². The molecule has 3 aromatic rings. The molecule has 2 aromatic carbocycles. The summed E-state index contributed by atoms with van der Waals surface area (Å²) in [7, 11) is 0. The largest absolute Gasteiger partial charge is 0.348 e. The summed E-state index contributed by atoms with van der Waals surface area (Å²) in [6.07, 6.45) is 3.26. The molecule has 0 saturated heterocycles. The lowest BCUT2D eigenvalue weighted by Crippen LogP contribution is -2.23. The number of hydrogen-bond donors (Lipinski definition) is 2. The molecule has 1 heterocycles. The third kappa shape index (κ3) is 4.52. The highest BCUT2D eigenvalue weighted by Crippen LogP contribution is 2.19. The van der Waals surface area contributed by atoms with Crippen molar-refractivity contribution in [2.75, 3.05) is 5.32 Å². The average molecular weight is 367 g/mol. The van der Waals surface area contributed by atoms with Gasteiger partial charge in [-0.2, -0.15) is 0 Å². The first-order chi connectivity index (χ1) is 13.0. The Bertz CT molecular complexity index is 958. The van der Waals surface area contributed by atoms with Gasteiger partial charge in [0.25, 0.3) is 11.8 Å². The van der Waals surface area contributed by atoms with E-state index in [2.05, 4.69) is 15.6 Å². The molecular weight excluding hydrogens is 352 g/mol. The Morgan fingerprint density at radius 2 is 1.56 bits per heavy atom. The molecule has 5 nitrogen and oxygen atoms in total. The summed E-state index contributed by atoms with van der Waals surface area (Å²) >= 11 is 0. The van der Waals surface area contributed by atoms with Crippen LogP contribution in [0.15, 0.2) is 67.0 Å². The Labute approximate surface area is 154 Å². The van der Waals surface area contributed by atoms with Crippen molar-refractivity contribution in [3.8, 4) is 0 Å². The lowest BCUT2D eigenvalue weighted by molar-refractivity contribution is 0.0951. The molecular formula is C20H15F2N3O2. The monoisotopic (exact) mass is 367 g/mol. The SMILES string of the molecule is O=C(NCc1cccnc1)c1cccc(C(=O)Nc2c(F)cccc2F)c1. The van der Waals surface area contributed by atoms with Crippen LogP contribution in [0.5, 0.6) is 0 Å². The van der Waals surface area contributed by atoms with Gasteiger partial charge in [-0.1, -0.05) is 18.2 Å². The molecule has 7 heteroatoms. The van der Waals surface area contributed by atoms with Crippen molar-refractivity contribution in [2.45, 2.75) is 6.54 Å². The van der Waals surface area contributed by atoms with E-state index in [1.54, 1.807) is 24.5 Å². The molecule has 0 aliphatic heterocycles. The van der Waals surface area contributed by atoms with Gasteiger partial charge in [0.2, 0.25) is 0 Å². The molecule has 2 N–H and O–H groups in total. The second kappa shape index (κ2) is 8.18. The Balaban J connectivity index is 1.71. The summed E-state index contributed by atoms with van der Waals surface area (Å²) in [6.45, 7) is 0.281. The van der Waals surface area contributed by atoms with Crippen LogP contribution in [0.3, 0.4) is 0 Å². The van der Waals surface area contributed by atoms with Gasteiger partial charge in [0.15, 0.2) is 0 Å². The van der Waals surface area contributed by atoms with E-state index in [0.29, 0.717) is 0 Å². The van der Waals surface area contributed by atoms with Gasteiger partial charge in [0, 0.05) is 30.1 Å². The van der Waals surface area contributed by atoms with Crippen molar-refractivity contribution in [1.29, 1.82) is 0 Å². The van der Waals surface area contributed by atoms with Gasteiger partial charge < -0.3 is 10.6 Å². The number of hydrogen-bond acceptors (Lipinski definition) is 3. The van der Waals surface area contributed by atoms with Gasteiger partial charge in [0.1, 0.15) is 17.3 Å². The highest BCUT2D eigenvalue weighted by atomic mass is 19.1. The molecule has 1 aromatic heterocycles. The maximum absolute atomic E-state index is 13.7. The number of pyridine rings is 1. The molecule has 0 spiro atoms. The van der Waals surface area contributed by atoms with Crippen molar-refractivity contribution in [1.82, 2.24) is 10.3 Å². The molecule has 0 aliphatic carbocycles. The van der Waals surface area contributed by atoms with Crippen LogP contribution in [0, 0.1) is 11.6 Å². The molecule has 0 aliphatic rings. The summed E-state index contributed by atoms with van der Waals surface area (Å²) in [5.41, 5.74) is 0.649. The van der Waals surface area contributed by atoms with E-state index in [9.17, 15) is 18.4 Å². The van der Waals surface area contributed by atoms with E-state index < -0.39 is 23.2 Å². The van der Waals surface area contributed by atoms with E-state index >= 15 is 0 Å². The van der Waals surface area contributed by atoms with Gasteiger partial charge in [-0.3, -0.25) is 14.6 Å². The van der Waals surface area contributed by atoms with Gasteiger partial charge in [-0.15, -0.1) is 0 Å². The minimum Gasteiger partial charge on any atom is -0.348 e. The maximum atomic E-state index is 13.7. The van der Waals surface area contributed by atoms with Crippen molar-refractivity contribution in [3.05, 3.63) is 95.3 Å². The number of anilines is 1. The van der Waals surface area contributed by atoms with E-state index in [-0.39, 0.29) is 23.6 Å². The summed E-state index contributed by atoms with van der Waals surface area (Å²) in [5.74, 6) is -2.87. The number of carbonyl (C=O) groups excluding carboxylic acids is 2. The van der Waals surface area contributed by atoms with Crippen molar-refractivity contribution in [3.63, 3.8) is 0 Å². The second-order valence-corrected chi connectivity index (χ2v) is 5.68. The molecule has 0 fully saturated rings. The average Bonchev–Trinajstić information content (AvgIpc) is 2.70. The number of nitrogens with zero attached hydrogens (tertiary/aromatic N) is 1. The Kier molecular flexibility index (Phi) is 5.51. The van der Waals surface area contributed by atoms with E-state index in [0.717, 1.165) is 17.7 Å². The van der Waals surface area contributed by atoms with Gasteiger partial charge in [-0.05, 0) is 42.0 Å². The van der Waals surface area contributed by atoms with Crippen LogP contribution < -0.4 is 10.6 Å². The number of nitrogens with one attached hydrogen (secondary N) is 2. The van der Waals surface area contributed by atoms with Crippen LogP contribution >= 0.6 is 0 Å². The Morgan fingerprint density at radius 1 is 0.889 bits per heavy atom. The summed E-state index contributed by atoms with van der Waals surface area (Å²) in [4.78, 5) is 28.5. The number of rotatable bonds is 5. The zero-order chi connectivity index (χ0) is 19.2. The quantitative estimate of drug-likeness (QED) is 0.725. The summed E-state index contributed by atoms with van der Waals surface area (Å²) < 4.78 is 27.3. The van der Waals surface area contributed by atoms with Crippen LogP contribution in [0.4, 0.5) is 14.5 Å². The molecule has 0 atom stereocenters. The standard InChI is InChI=1S/C20H15F2N3O2/c21-16-7-2-8-17(22)18(16)25-20(27)15-6-1-5-14(10-15)19(26)24-12-13-4-3-9-23-11-13/h1-11H,12H2,(H,24,26)(H,25,27). The van der Waals surface area contributed by atoms with Gasteiger partial charge in [0.05, 0.1) is 0 Å². The summed E-state index contributed by atoms with van der Waals surface area (Å²) in [6, 6.07) is 12.7. The van der Waals surface area contributed by atoms with Crippen LogP contribution in [0.1, 0.15) is 26.3 Å². The third-order valence-corrected chi connectivity index (χ3v) is 3.76. The zero-order valence-electron chi connectivity index (χ0n) is 14.1. The van der Waals surface area contributed by atoms with Crippen molar-refractivity contribution < 1.29 is 18.4 Å². The fraction of sp³-hybridized carbons (Fsp3) is 0.0500. The Hall–Kier alpha value is -3.61. The van der Waals surface area contributed by atoms with Crippen molar-refractivity contribution >= 4 is 17.5 Å². The topological polar surface area (TPSA) is 71.1 Å². The number of para-hydroxylation sites is 1. The first kappa shape index (κ1) is 18.2. The van der Waals surface area contributed by atoms with E-state index in [1.165, 1.54) is 24.3 Å². The molecule has 27 heavy (non-hydrogen) atoms. The molecule has 0 radical (unpaired) electrons. The molecule has 3 rings (SSSR count). The van der Waals surface area contributed by atoms with Crippen LogP contribution in [0.25, 0.3) is 0 Å². The molecule has 136 valence electrons. The molecule has 0 bridgehead atoms. The number of halogens is 2. The van der Waals surface area contributed by atoms with Crippen LogP contribution in [-0.4, -0.2) is 16.8 Å². The molecule has 2 amide bonds. The van der Waals surface area contributed by atoms with E-state index in [1.807, 2.05) is 6.07 Å². The second-order valence-electron chi connectivity index (χ2n) is 5.68. The fourth-order valence-electron chi connectivity index (χ4n) is 2.39. The normalized spacial score (nSPS) is 10.3. The lowest BCUT2D eigenvalue weighted by atomic mass is 10.1. The first-order valence-corrected chi connectivity index (χ1v) is 8.07. The lowest BCUT2D eigenvalue weighted by Gasteiger charge is -2.09. The number of carbonyl (C=O) groups is 2. The van der Waals surface area contributed by atoms with Gasteiger partial charge in [-0.25, -0.2) is 8.78 Å². The van der Waals surface area contributed by atoms with Crippen molar-refractivity contribution in [2.24, 2.45) is 0 Å². The van der Waals surface area contributed by atoms with E-state index in [4.69, 9.17) is 0 Å². The molecule has 0 unspecified atom stereocenters. The molecule has 0 saturated carbocycles. The summed E-state index contributed by atoms with van der Waals surface area (Å²) in [5, 5.41) is 4.91. The smallest absolute Gasteiger partial charge is 0.255 e.